The van der Waals surface area contributed by atoms with Crippen molar-refractivity contribution in [3.8, 4) is 0 Å². The summed E-state index contributed by atoms with van der Waals surface area (Å²) >= 11 is 0. The number of aromatic nitrogens is 2. The third-order valence-electron chi connectivity index (χ3n) is 4.34. The van der Waals surface area contributed by atoms with Gasteiger partial charge in [-0.2, -0.15) is 5.10 Å². The summed E-state index contributed by atoms with van der Waals surface area (Å²) < 4.78 is 20.7. The van der Waals surface area contributed by atoms with Crippen molar-refractivity contribution in [2.75, 3.05) is 32.8 Å². The quantitative estimate of drug-likeness (QED) is 0.800. The lowest BCUT2D eigenvalue weighted by molar-refractivity contribution is -0.116. The lowest BCUT2D eigenvalue weighted by Gasteiger charge is -2.34. The van der Waals surface area contributed by atoms with Crippen molar-refractivity contribution >= 4 is 12.0 Å². The van der Waals surface area contributed by atoms with Crippen LogP contribution in [0.2, 0.25) is 0 Å². The molecular formula is C19H23FN4O2. The number of nitrogens with zero attached hydrogens (tertiary/aromatic N) is 3. The number of benzene rings is 1. The minimum atomic E-state index is -0.274. The van der Waals surface area contributed by atoms with Crippen LogP contribution in [0.4, 0.5) is 4.39 Å². The van der Waals surface area contributed by atoms with Crippen LogP contribution in [-0.2, 0) is 16.6 Å². The molecule has 2 aromatic rings. The fourth-order valence-corrected chi connectivity index (χ4v) is 3.02. The molecule has 2 heterocycles. The molecule has 1 amide bonds. The molecule has 1 aromatic carbocycles. The molecule has 1 unspecified atom stereocenters. The van der Waals surface area contributed by atoms with Crippen molar-refractivity contribution in [2.24, 2.45) is 7.05 Å². The van der Waals surface area contributed by atoms with Gasteiger partial charge >= 0.3 is 0 Å². The molecule has 1 fully saturated rings. The topological polar surface area (TPSA) is 59.4 Å². The van der Waals surface area contributed by atoms with Crippen molar-refractivity contribution in [2.45, 2.75) is 6.04 Å². The van der Waals surface area contributed by atoms with Crippen LogP contribution in [0.25, 0.3) is 6.08 Å². The fraction of sp³-hybridized carbons (Fsp3) is 0.368. The average Bonchev–Trinajstić information content (AvgIpc) is 3.06. The Morgan fingerprint density at radius 3 is 2.92 bits per heavy atom. The van der Waals surface area contributed by atoms with Crippen molar-refractivity contribution in [3.63, 3.8) is 0 Å². The maximum atomic E-state index is 13.7. The fourth-order valence-electron chi connectivity index (χ4n) is 3.02. The lowest BCUT2D eigenvalue weighted by atomic mass is 10.0. The van der Waals surface area contributed by atoms with Gasteiger partial charge in [0, 0.05) is 44.5 Å². The summed E-state index contributed by atoms with van der Waals surface area (Å²) in [5.74, 6) is -0.466. The van der Waals surface area contributed by atoms with E-state index in [4.69, 9.17) is 4.74 Å². The number of hydrogen-bond acceptors (Lipinski definition) is 4. The van der Waals surface area contributed by atoms with Gasteiger partial charge in [0.05, 0.1) is 25.5 Å². The number of ether oxygens (including phenoxy) is 1. The number of halogens is 1. The van der Waals surface area contributed by atoms with Gasteiger partial charge in [-0.05, 0) is 23.8 Å². The SMILES string of the molecule is Cn1cc(/C=C/C(=O)NCC(c2cccc(F)c2)N2CCOCC2)cn1. The van der Waals surface area contributed by atoms with Crippen LogP contribution in [0.1, 0.15) is 17.2 Å². The first-order chi connectivity index (χ1) is 12.6. The van der Waals surface area contributed by atoms with E-state index in [-0.39, 0.29) is 17.8 Å². The normalized spacial score (nSPS) is 16.7. The van der Waals surface area contributed by atoms with Crippen molar-refractivity contribution in [3.05, 3.63) is 59.7 Å². The molecule has 7 heteroatoms. The van der Waals surface area contributed by atoms with Crippen LogP contribution in [0, 0.1) is 5.82 Å². The summed E-state index contributed by atoms with van der Waals surface area (Å²) in [5.41, 5.74) is 1.71. The molecule has 3 rings (SSSR count). The molecule has 0 saturated carbocycles. The highest BCUT2D eigenvalue weighted by atomic mass is 19.1. The van der Waals surface area contributed by atoms with Gasteiger partial charge in [0.25, 0.3) is 0 Å². The molecular weight excluding hydrogens is 335 g/mol. The zero-order valence-corrected chi connectivity index (χ0v) is 14.8. The van der Waals surface area contributed by atoms with Crippen LogP contribution in [0.3, 0.4) is 0 Å². The Morgan fingerprint density at radius 1 is 1.42 bits per heavy atom. The van der Waals surface area contributed by atoms with Crippen molar-refractivity contribution < 1.29 is 13.9 Å². The molecule has 1 aliphatic heterocycles. The van der Waals surface area contributed by atoms with E-state index in [1.54, 1.807) is 23.0 Å². The molecule has 26 heavy (non-hydrogen) atoms. The van der Waals surface area contributed by atoms with Gasteiger partial charge in [-0.15, -0.1) is 0 Å². The molecule has 0 radical (unpaired) electrons. The van der Waals surface area contributed by atoms with E-state index in [0.29, 0.717) is 19.8 Å². The third kappa shape index (κ3) is 5.00. The summed E-state index contributed by atoms with van der Waals surface area (Å²) in [7, 11) is 1.82. The first-order valence-electron chi connectivity index (χ1n) is 8.63. The number of carbonyl (C=O) groups is 1. The Balaban J connectivity index is 1.65. The molecule has 0 bridgehead atoms. The van der Waals surface area contributed by atoms with Gasteiger partial charge in [0.2, 0.25) is 5.91 Å². The van der Waals surface area contributed by atoms with Crippen LogP contribution in [0.15, 0.2) is 42.7 Å². The van der Waals surface area contributed by atoms with Gasteiger partial charge < -0.3 is 10.1 Å². The largest absolute Gasteiger partial charge is 0.379 e. The highest BCUT2D eigenvalue weighted by Crippen LogP contribution is 2.22. The van der Waals surface area contributed by atoms with E-state index in [1.807, 2.05) is 19.3 Å². The Hall–Kier alpha value is -2.51. The molecule has 0 aliphatic carbocycles. The Bertz CT molecular complexity index is 768. The van der Waals surface area contributed by atoms with Gasteiger partial charge in [-0.1, -0.05) is 12.1 Å². The predicted molar refractivity (Wildman–Crippen MR) is 96.8 cm³/mol. The van der Waals surface area contributed by atoms with E-state index in [1.165, 1.54) is 18.2 Å². The van der Waals surface area contributed by atoms with Crippen LogP contribution in [0.5, 0.6) is 0 Å². The standard InChI is InChI=1S/C19H23FN4O2/c1-23-14-15(12-22-23)5-6-19(25)21-13-18(24-7-9-26-10-8-24)16-3-2-4-17(20)11-16/h2-6,11-12,14,18H,7-10,13H2,1H3,(H,21,25)/b6-5+. The highest BCUT2D eigenvalue weighted by molar-refractivity contribution is 5.91. The minimum absolute atomic E-state index is 0.0923. The number of aryl methyl sites for hydroxylation is 1. The summed E-state index contributed by atoms with van der Waals surface area (Å²) in [6.07, 6.45) is 6.72. The maximum Gasteiger partial charge on any atom is 0.244 e. The Labute approximate surface area is 152 Å². The lowest BCUT2D eigenvalue weighted by Crippen LogP contribution is -2.43. The van der Waals surface area contributed by atoms with E-state index in [9.17, 15) is 9.18 Å². The van der Waals surface area contributed by atoms with Crippen molar-refractivity contribution in [1.82, 2.24) is 20.0 Å². The number of morpholine rings is 1. The highest BCUT2D eigenvalue weighted by Gasteiger charge is 2.23. The van der Waals surface area contributed by atoms with Gasteiger partial charge in [0.1, 0.15) is 5.82 Å². The van der Waals surface area contributed by atoms with Crippen LogP contribution >= 0.6 is 0 Å². The summed E-state index contributed by atoms with van der Waals surface area (Å²) in [5, 5.41) is 6.97. The molecule has 0 spiro atoms. The molecule has 1 saturated heterocycles. The maximum absolute atomic E-state index is 13.7. The first kappa shape index (κ1) is 18.3. The van der Waals surface area contributed by atoms with E-state index in [0.717, 1.165) is 24.2 Å². The van der Waals surface area contributed by atoms with E-state index >= 15 is 0 Å². The molecule has 138 valence electrons. The zero-order chi connectivity index (χ0) is 18.4. The second-order valence-corrected chi connectivity index (χ2v) is 6.24. The Morgan fingerprint density at radius 2 is 2.23 bits per heavy atom. The summed E-state index contributed by atoms with van der Waals surface area (Å²) in [4.78, 5) is 14.4. The number of amides is 1. The van der Waals surface area contributed by atoms with Gasteiger partial charge in [-0.25, -0.2) is 4.39 Å². The summed E-state index contributed by atoms with van der Waals surface area (Å²) in [6.45, 7) is 3.19. The predicted octanol–water partition coefficient (Wildman–Crippen LogP) is 1.76. The first-order valence-corrected chi connectivity index (χ1v) is 8.63. The third-order valence-corrected chi connectivity index (χ3v) is 4.34. The average molecular weight is 358 g/mol. The molecule has 1 aromatic heterocycles. The van der Waals surface area contributed by atoms with Gasteiger partial charge in [0.15, 0.2) is 0 Å². The smallest absolute Gasteiger partial charge is 0.244 e. The monoisotopic (exact) mass is 358 g/mol. The second kappa shape index (κ2) is 8.73. The number of hydrogen-bond donors (Lipinski definition) is 1. The molecule has 1 aliphatic rings. The molecule has 6 nitrogen and oxygen atoms in total. The number of carbonyl (C=O) groups excluding carboxylic acids is 1. The molecule has 1 atom stereocenters. The summed E-state index contributed by atoms with van der Waals surface area (Å²) in [6, 6.07) is 6.45. The van der Waals surface area contributed by atoms with Gasteiger partial charge in [-0.3, -0.25) is 14.4 Å². The van der Waals surface area contributed by atoms with Crippen LogP contribution in [-0.4, -0.2) is 53.4 Å². The molecule has 1 N–H and O–H groups in total. The minimum Gasteiger partial charge on any atom is -0.379 e. The van der Waals surface area contributed by atoms with E-state index in [2.05, 4.69) is 15.3 Å². The second-order valence-electron chi connectivity index (χ2n) is 6.24. The Kier molecular flexibility index (Phi) is 6.14. The number of rotatable bonds is 6. The zero-order valence-electron chi connectivity index (χ0n) is 14.8. The van der Waals surface area contributed by atoms with Crippen LogP contribution < -0.4 is 5.32 Å². The van der Waals surface area contributed by atoms with E-state index < -0.39 is 0 Å². The number of nitrogens with one attached hydrogen (secondary N) is 1. The van der Waals surface area contributed by atoms with Crippen molar-refractivity contribution in [1.29, 1.82) is 0 Å².